The highest BCUT2D eigenvalue weighted by Crippen LogP contribution is 2.34. The minimum atomic E-state index is -0.937. The second kappa shape index (κ2) is 7.67. The Labute approximate surface area is 118 Å². The monoisotopic (exact) mass is 284 g/mol. The molecule has 0 aliphatic heterocycles. The van der Waals surface area contributed by atoms with Crippen LogP contribution in [0.5, 0.6) is 0 Å². The molecule has 20 heavy (non-hydrogen) atoms. The van der Waals surface area contributed by atoms with Gasteiger partial charge in [0.1, 0.15) is 5.92 Å². The topological polar surface area (TPSA) is 78.9 Å². The molecule has 0 amide bonds. The summed E-state index contributed by atoms with van der Waals surface area (Å²) >= 11 is 0. The molecule has 1 aliphatic carbocycles. The number of ether oxygens (including phenoxy) is 3. The predicted octanol–water partition coefficient (Wildman–Crippen LogP) is 1.24. The summed E-state index contributed by atoms with van der Waals surface area (Å²) in [5.74, 6) is -3.33. The van der Waals surface area contributed by atoms with Crippen molar-refractivity contribution in [3.8, 4) is 0 Å². The van der Waals surface area contributed by atoms with Gasteiger partial charge in [-0.25, -0.2) is 4.79 Å². The van der Waals surface area contributed by atoms with E-state index in [2.05, 4.69) is 0 Å². The average molecular weight is 284 g/mol. The predicted molar refractivity (Wildman–Crippen MR) is 69.6 cm³/mol. The third kappa shape index (κ3) is 3.59. The third-order valence-corrected chi connectivity index (χ3v) is 2.97. The van der Waals surface area contributed by atoms with Gasteiger partial charge in [0, 0.05) is 5.57 Å². The van der Waals surface area contributed by atoms with E-state index in [1.54, 1.807) is 26.8 Å². The lowest BCUT2D eigenvalue weighted by atomic mass is 9.91. The van der Waals surface area contributed by atoms with Gasteiger partial charge in [0.2, 0.25) is 0 Å². The molecule has 0 N–H and O–H groups in total. The molecule has 0 radical (unpaired) electrons. The normalized spacial score (nSPS) is 21.1. The highest BCUT2D eigenvalue weighted by atomic mass is 16.5. The minimum absolute atomic E-state index is 0.182. The van der Waals surface area contributed by atoms with Crippen LogP contribution in [0.15, 0.2) is 11.6 Å². The zero-order valence-corrected chi connectivity index (χ0v) is 12.0. The van der Waals surface area contributed by atoms with E-state index in [9.17, 15) is 14.4 Å². The van der Waals surface area contributed by atoms with Gasteiger partial charge < -0.3 is 14.2 Å². The highest BCUT2D eigenvalue weighted by Gasteiger charge is 2.44. The van der Waals surface area contributed by atoms with Gasteiger partial charge >= 0.3 is 17.9 Å². The Morgan fingerprint density at radius 2 is 1.55 bits per heavy atom. The fraction of sp³-hybridized carbons (Fsp3) is 0.643. The van der Waals surface area contributed by atoms with Crippen molar-refractivity contribution in [2.24, 2.45) is 11.8 Å². The summed E-state index contributed by atoms with van der Waals surface area (Å²) in [5, 5.41) is 0. The Balaban J connectivity index is 2.93. The number of carbonyl (C=O) groups is 3. The molecule has 0 unspecified atom stereocenters. The maximum absolute atomic E-state index is 12.0. The van der Waals surface area contributed by atoms with Crippen LogP contribution in [0.25, 0.3) is 0 Å². The second-order valence-electron chi connectivity index (χ2n) is 4.20. The lowest BCUT2D eigenvalue weighted by Crippen LogP contribution is -2.33. The van der Waals surface area contributed by atoms with Crippen molar-refractivity contribution >= 4 is 17.9 Å². The molecule has 2 atom stereocenters. The molecular formula is C14H20O6. The summed E-state index contributed by atoms with van der Waals surface area (Å²) in [5.41, 5.74) is 0.184. The van der Waals surface area contributed by atoms with E-state index < -0.39 is 29.7 Å². The second-order valence-corrected chi connectivity index (χ2v) is 4.20. The molecule has 6 nitrogen and oxygen atoms in total. The summed E-state index contributed by atoms with van der Waals surface area (Å²) < 4.78 is 14.8. The average Bonchev–Trinajstić information content (AvgIpc) is 2.84. The molecule has 0 saturated carbocycles. The summed E-state index contributed by atoms with van der Waals surface area (Å²) in [7, 11) is 0. The molecule has 1 aliphatic rings. The number of carbonyl (C=O) groups excluding carboxylic acids is 3. The lowest BCUT2D eigenvalue weighted by Gasteiger charge is -2.19. The Hall–Kier alpha value is -1.85. The largest absolute Gasteiger partial charge is 0.466 e. The number of hydrogen-bond donors (Lipinski definition) is 0. The Morgan fingerprint density at radius 1 is 1.00 bits per heavy atom. The van der Waals surface area contributed by atoms with Crippen molar-refractivity contribution in [2.75, 3.05) is 19.8 Å². The number of hydrogen-bond acceptors (Lipinski definition) is 6. The van der Waals surface area contributed by atoms with Crippen LogP contribution in [0.4, 0.5) is 0 Å². The first-order chi connectivity index (χ1) is 9.56. The SMILES string of the molecule is CCOC(=O)C1=CC[C@H](C(=O)OCC)[C@@H]1C(=O)OCC. The molecule has 0 saturated heterocycles. The molecule has 0 heterocycles. The quantitative estimate of drug-likeness (QED) is 0.539. The standard InChI is InChI=1S/C14H20O6/c1-4-18-12(15)9-7-8-10(13(16)19-5-2)11(9)14(17)20-6-3/h7,10-11H,4-6,8H2,1-3H3/t10-,11+/m0/s1. The number of esters is 3. The van der Waals surface area contributed by atoms with Gasteiger partial charge in [0.15, 0.2) is 0 Å². The van der Waals surface area contributed by atoms with Gasteiger partial charge in [-0.05, 0) is 27.2 Å². The molecule has 112 valence electrons. The molecule has 0 aromatic rings. The van der Waals surface area contributed by atoms with Crippen LogP contribution in [0.3, 0.4) is 0 Å². The van der Waals surface area contributed by atoms with E-state index in [1.165, 1.54) is 0 Å². The maximum Gasteiger partial charge on any atom is 0.334 e. The molecule has 0 aromatic carbocycles. The molecular weight excluding hydrogens is 264 g/mol. The Bertz CT molecular complexity index is 412. The highest BCUT2D eigenvalue weighted by molar-refractivity contribution is 5.99. The van der Waals surface area contributed by atoms with Crippen LogP contribution in [0, 0.1) is 11.8 Å². The van der Waals surface area contributed by atoms with Gasteiger partial charge in [0.05, 0.1) is 25.7 Å². The summed E-state index contributed by atoms with van der Waals surface area (Å²) in [6.45, 7) is 5.64. The summed E-state index contributed by atoms with van der Waals surface area (Å²) in [4.78, 5) is 35.7. The first kappa shape index (κ1) is 16.2. The van der Waals surface area contributed by atoms with Crippen molar-refractivity contribution in [1.82, 2.24) is 0 Å². The smallest absolute Gasteiger partial charge is 0.334 e. The van der Waals surface area contributed by atoms with Crippen LogP contribution in [-0.2, 0) is 28.6 Å². The molecule has 1 rings (SSSR count). The molecule has 6 heteroatoms. The van der Waals surface area contributed by atoms with Crippen molar-refractivity contribution in [3.05, 3.63) is 11.6 Å². The summed E-state index contributed by atoms with van der Waals surface area (Å²) in [6, 6.07) is 0. The van der Waals surface area contributed by atoms with Crippen molar-refractivity contribution < 1.29 is 28.6 Å². The van der Waals surface area contributed by atoms with E-state index >= 15 is 0 Å². The molecule has 0 aromatic heterocycles. The first-order valence-corrected chi connectivity index (χ1v) is 6.77. The first-order valence-electron chi connectivity index (χ1n) is 6.77. The lowest BCUT2D eigenvalue weighted by molar-refractivity contribution is -0.159. The van der Waals surface area contributed by atoms with Crippen LogP contribution in [-0.4, -0.2) is 37.7 Å². The molecule has 0 bridgehead atoms. The number of allylic oxidation sites excluding steroid dienone is 1. The van der Waals surface area contributed by atoms with E-state index in [4.69, 9.17) is 14.2 Å². The van der Waals surface area contributed by atoms with Gasteiger partial charge in [-0.2, -0.15) is 0 Å². The third-order valence-electron chi connectivity index (χ3n) is 2.97. The summed E-state index contributed by atoms with van der Waals surface area (Å²) in [6.07, 6.45) is 1.83. The fourth-order valence-corrected chi connectivity index (χ4v) is 2.16. The van der Waals surface area contributed by atoms with Gasteiger partial charge in [0.25, 0.3) is 0 Å². The number of rotatable bonds is 6. The fourth-order valence-electron chi connectivity index (χ4n) is 2.16. The van der Waals surface area contributed by atoms with Crippen molar-refractivity contribution in [3.63, 3.8) is 0 Å². The Kier molecular flexibility index (Phi) is 6.21. The maximum atomic E-state index is 12.0. The van der Waals surface area contributed by atoms with Gasteiger partial charge in [-0.15, -0.1) is 0 Å². The molecule has 0 fully saturated rings. The van der Waals surface area contributed by atoms with Crippen LogP contribution < -0.4 is 0 Å². The molecule has 0 spiro atoms. The van der Waals surface area contributed by atoms with Crippen LogP contribution in [0.1, 0.15) is 27.2 Å². The zero-order valence-electron chi connectivity index (χ0n) is 12.0. The van der Waals surface area contributed by atoms with Gasteiger partial charge in [-0.1, -0.05) is 6.08 Å². The van der Waals surface area contributed by atoms with Crippen molar-refractivity contribution in [1.29, 1.82) is 0 Å². The van der Waals surface area contributed by atoms with E-state index in [1.807, 2.05) is 0 Å². The van der Waals surface area contributed by atoms with E-state index in [-0.39, 0.29) is 31.8 Å². The van der Waals surface area contributed by atoms with E-state index in [0.29, 0.717) is 0 Å². The van der Waals surface area contributed by atoms with Crippen molar-refractivity contribution in [2.45, 2.75) is 27.2 Å². The van der Waals surface area contributed by atoms with Crippen LogP contribution in [0.2, 0.25) is 0 Å². The minimum Gasteiger partial charge on any atom is -0.466 e. The Morgan fingerprint density at radius 3 is 2.10 bits per heavy atom. The van der Waals surface area contributed by atoms with Crippen LogP contribution >= 0.6 is 0 Å². The van der Waals surface area contributed by atoms with E-state index in [0.717, 1.165) is 0 Å². The van der Waals surface area contributed by atoms with Gasteiger partial charge in [-0.3, -0.25) is 9.59 Å². The zero-order chi connectivity index (χ0) is 15.1.